The molecule has 0 atom stereocenters. The Labute approximate surface area is 91.4 Å². The molecule has 15 heavy (non-hydrogen) atoms. The summed E-state index contributed by atoms with van der Waals surface area (Å²) in [5, 5.41) is 2.62. The molecule has 0 aliphatic rings. The van der Waals surface area contributed by atoms with E-state index in [-0.39, 0.29) is 11.9 Å². The molecule has 0 rings (SSSR count). The molecule has 0 heterocycles. The molecule has 0 saturated carbocycles. The first-order valence-electron chi connectivity index (χ1n) is 5.19. The molecular formula is C10H21N3O2. The molecule has 0 aliphatic carbocycles. The molecule has 5 nitrogen and oxygen atoms in total. The van der Waals surface area contributed by atoms with Crippen molar-refractivity contribution in [2.45, 2.75) is 20.3 Å². The second kappa shape index (κ2) is 7.23. The first-order valence-corrected chi connectivity index (χ1v) is 5.19. The summed E-state index contributed by atoms with van der Waals surface area (Å²) in [6.07, 6.45) is 0.795. The van der Waals surface area contributed by atoms with Crippen LogP contribution in [-0.2, 0) is 4.79 Å². The lowest BCUT2D eigenvalue weighted by molar-refractivity contribution is -0.126. The number of nitrogens with one attached hydrogen (secondary N) is 1. The molecule has 88 valence electrons. The Balaban J connectivity index is 4.05. The topological polar surface area (TPSA) is 52.7 Å². The number of urea groups is 1. The number of carbonyl (C=O) groups is 2. The van der Waals surface area contributed by atoms with Crippen molar-refractivity contribution in [2.24, 2.45) is 0 Å². The molecule has 0 spiro atoms. The number of carbonyl (C=O) groups excluding carboxylic acids is 2. The van der Waals surface area contributed by atoms with Gasteiger partial charge >= 0.3 is 6.03 Å². The van der Waals surface area contributed by atoms with Crippen LogP contribution in [0.1, 0.15) is 20.3 Å². The van der Waals surface area contributed by atoms with Crippen LogP contribution in [-0.4, -0.2) is 55.5 Å². The Morgan fingerprint density at radius 3 is 2.20 bits per heavy atom. The van der Waals surface area contributed by atoms with E-state index in [0.717, 1.165) is 13.0 Å². The third-order valence-electron chi connectivity index (χ3n) is 1.94. The van der Waals surface area contributed by atoms with E-state index in [1.165, 1.54) is 11.8 Å². The average Bonchev–Trinajstić information content (AvgIpc) is 2.11. The Kier molecular flexibility index (Phi) is 6.70. The zero-order valence-corrected chi connectivity index (χ0v) is 10.0. The van der Waals surface area contributed by atoms with Crippen LogP contribution >= 0.6 is 0 Å². The van der Waals surface area contributed by atoms with Gasteiger partial charge in [-0.3, -0.25) is 9.69 Å². The van der Waals surface area contributed by atoms with Crippen molar-refractivity contribution < 1.29 is 9.59 Å². The van der Waals surface area contributed by atoms with Crippen molar-refractivity contribution in [1.29, 1.82) is 0 Å². The van der Waals surface area contributed by atoms with Gasteiger partial charge in [-0.15, -0.1) is 0 Å². The van der Waals surface area contributed by atoms with E-state index >= 15 is 0 Å². The summed E-state index contributed by atoms with van der Waals surface area (Å²) >= 11 is 0. The van der Waals surface area contributed by atoms with E-state index in [2.05, 4.69) is 5.32 Å². The molecule has 0 aromatic carbocycles. The van der Waals surface area contributed by atoms with Crippen LogP contribution in [0.5, 0.6) is 0 Å². The van der Waals surface area contributed by atoms with Gasteiger partial charge in [0.05, 0.1) is 0 Å². The Morgan fingerprint density at radius 1 is 1.20 bits per heavy atom. The quantitative estimate of drug-likeness (QED) is 0.727. The van der Waals surface area contributed by atoms with Gasteiger partial charge in [0.1, 0.15) is 0 Å². The summed E-state index contributed by atoms with van der Waals surface area (Å²) in [4.78, 5) is 25.9. The van der Waals surface area contributed by atoms with Crippen molar-refractivity contribution in [3.05, 3.63) is 0 Å². The number of nitrogens with zero attached hydrogens (tertiary/aromatic N) is 2. The molecule has 0 saturated heterocycles. The normalized spacial score (nSPS) is 10.2. The van der Waals surface area contributed by atoms with Gasteiger partial charge in [-0.05, 0) is 34.0 Å². The first-order chi connectivity index (χ1) is 6.99. The van der Waals surface area contributed by atoms with Crippen LogP contribution in [0.3, 0.4) is 0 Å². The molecule has 0 fully saturated rings. The molecule has 0 aromatic heterocycles. The minimum absolute atomic E-state index is 0.209. The van der Waals surface area contributed by atoms with Gasteiger partial charge < -0.3 is 10.2 Å². The standard InChI is InChI=1S/C10H21N3O2/c1-5-11-10(15)13(9(2)14)8-6-7-12(3)4/h5-8H2,1-4H3,(H,11,15). The Hall–Kier alpha value is -1.10. The number of hydrogen-bond donors (Lipinski definition) is 1. The van der Waals surface area contributed by atoms with E-state index in [9.17, 15) is 9.59 Å². The third kappa shape index (κ3) is 6.06. The molecule has 0 aromatic rings. The predicted octanol–water partition coefficient (Wildman–Crippen LogP) is 0.516. The van der Waals surface area contributed by atoms with Gasteiger partial charge in [-0.1, -0.05) is 0 Å². The highest BCUT2D eigenvalue weighted by Gasteiger charge is 2.16. The maximum Gasteiger partial charge on any atom is 0.324 e. The SMILES string of the molecule is CCNC(=O)N(CCCN(C)C)C(C)=O. The van der Waals surface area contributed by atoms with E-state index < -0.39 is 0 Å². The molecule has 3 amide bonds. The van der Waals surface area contributed by atoms with Gasteiger partial charge in [-0.25, -0.2) is 4.79 Å². The molecule has 0 bridgehead atoms. The highest BCUT2D eigenvalue weighted by molar-refractivity contribution is 5.93. The number of hydrogen-bond acceptors (Lipinski definition) is 3. The first kappa shape index (κ1) is 13.9. The lowest BCUT2D eigenvalue weighted by Gasteiger charge is -2.20. The van der Waals surface area contributed by atoms with E-state index in [4.69, 9.17) is 0 Å². The summed E-state index contributed by atoms with van der Waals surface area (Å²) < 4.78 is 0. The lowest BCUT2D eigenvalue weighted by atomic mass is 10.3. The predicted molar refractivity (Wildman–Crippen MR) is 59.6 cm³/mol. The summed E-state index contributed by atoms with van der Waals surface area (Å²) in [7, 11) is 3.93. The number of rotatable bonds is 5. The molecule has 5 heteroatoms. The monoisotopic (exact) mass is 215 g/mol. The summed E-state index contributed by atoms with van der Waals surface area (Å²) in [5.41, 5.74) is 0. The van der Waals surface area contributed by atoms with Crippen LogP contribution in [0.4, 0.5) is 4.79 Å². The van der Waals surface area contributed by atoms with Crippen LogP contribution < -0.4 is 5.32 Å². The summed E-state index contributed by atoms with van der Waals surface area (Å²) in [6.45, 7) is 5.11. The van der Waals surface area contributed by atoms with Crippen molar-refractivity contribution in [1.82, 2.24) is 15.1 Å². The van der Waals surface area contributed by atoms with Gasteiger partial charge in [-0.2, -0.15) is 0 Å². The summed E-state index contributed by atoms with van der Waals surface area (Å²) in [5.74, 6) is -0.209. The second-order valence-corrected chi connectivity index (χ2v) is 3.66. The summed E-state index contributed by atoms with van der Waals surface area (Å²) in [6, 6.07) is -0.302. The van der Waals surface area contributed by atoms with Crippen LogP contribution in [0, 0.1) is 0 Å². The van der Waals surface area contributed by atoms with E-state index in [1.54, 1.807) is 0 Å². The number of amides is 3. The van der Waals surface area contributed by atoms with Crippen LogP contribution in [0.25, 0.3) is 0 Å². The highest BCUT2D eigenvalue weighted by Crippen LogP contribution is 1.95. The maximum absolute atomic E-state index is 11.4. The van der Waals surface area contributed by atoms with Crippen LogP contribution in [0.15, 0.2) is 0 Å². The van der Waals surface area contributed by atoms with Gasteiger partial charge in [0.25, 0.3) is 0 Å². The zero-order chi connectivity index (χ0) is 11.8. The largest absolute Gasteiger partial charge is 0.338 e. The van der Waals surface area contributed by atoms with Gasteiger partial charge in [0.15, 0.2) is 0 Å². The second-order valence-electron chi connectivity index (χ2n) is 3.66. The molecular weight excluding hydrogens is 194 g/mol. The lowest BCUT2D eigenvalue weighted by Crippen LogP contribution is -2.43. The number of imide groups is 1. The van der Waals surface area contributed by atoms with E-state index in [0.29, 0.717) is 13.1 Å². The molecule has 0 aliphatic heterocycles. The van der Waals surface area contributed by atoms with Crippen LogP contribution in [0.2, 0.25) is 0 Å². The Morgan fingerprint density at radius 2 is 1.80 bits per heavy atom. The fourth-order valence-electron chi connectivity index (χ4n) is 1.19. The van der Waals surface area contributed by atoms with Crippen molar-refractivity contribution >= 4 is 11.9 Å². The zero-order valence-electron chi connectivity index (χ0n) is 10.0. The van der Waals surface area contributed by atoms with Gasteiger partial charge in [0, 0.05) is 20.0 Å². The minimum Gasteiger partial charge on any atom is -0.338 e. The van der Waals surface area contributed by atoms with Crippen molar-refractivity contribution in [2.75, 3.05) is 33.7 Å². The molecule has 0 unspecified atom stereocenters. The molecule has 1 N–H and O–H groups in total. The highest BCUT2D eigenvalue weighted by atomic mass is 16.2. The van der Waals surface area contributed by atoms with Crippen molar-refractivity contribution in [3.63, 3.8) is 0 Å². The third-order valence-corrected chi connectivity index (χ3v) is 1.94. The fourth-order valence-corrected chi connectivity index (χ4v) is 1.19. The Bertz CT molecular complexity index is 217. The maximum atomic E-state index is 11.4. The molecule has 0 radical (unpaired) electrons. The average molecular weight is 215 g/mol. The minimum atomic E-state index is -0.302. The van der Waals surface area contributed by atoms with Crippen molar-refractivity contribution in [3.8, 4) is 0 Å². The van der Waals surface area contributed by atoms with E-state index in [1.807, 2.05) is 25.9 Å². The van der Waals surface area contributed by atoms with Gasteiger partial charge in [0.2, 0.25) is 5.91 Å². The fraction of sp³-hybridized carbons (Fsp3) is 0.800. The smallest absolute Gasteiger partial charge is 0.324 e.